The predicted octanol–water partition coefficient (Wildman–Crippen LogP) is 4.02. The zero-order chi connectivity index (χ0) is 20.0. The zero-order valence-corrected chi connectivity index (χ0v) is 16.1. The highest BCUT2D eigenvalue weighted by molar-refractivity contribution is 6.48. The maximum Gasteiger partial charge on any atom is 0.272 e. The Kier molecular flexibility index (Phi) is 4.13. The Bertz CT molecular complexity index is 1160. The molecule has 1 aliphatic carbocycles. The number of benzene rings is 3. The lowest BCUT2D eigenvalue weighted by molar-refractivity contribution is -0.112. The highest BCUT2D eigenvalue weighted by Gasteiger charge is 2.43. The Hall–Kier alpha value is -3.53. The van der Waals surface area contributed by atoms with Crippen LogP contribution in [-0.2, 0) is 11.2 Å². The van der Waals surface area contributed by atoms with Crippen molar-refractivity contribution < 1.29 is 9.59 Å². The summed E-state index contributed by atoms with van der Waals surface area (Å²) in [7, 11) is 1.76. The fraction of sp³-hybridized carbons (Fsp3) is 0.160. The fourth-order valence-corrected chi connectivity index (χ4v) is 4.40. The molecular formula is C25H20N2O2. The number of ketones is 1. The smallest absolute Gasteiger partial charge is 0.272 e. The lowest BCUT2D eigenvalue weighted by atomic mass is 9.72. The lowest BCUT2D eigenvalue weighted by Crippen LogP contribution is -2.44. The van der Waals surface area contributed by atoms with Crippen LogP contribution in [0.4, 0.5) is 5.69 Å². The van der Waals surface area contributed by atoms with Crippen LogP contribution in [0.3, 0.4) is 0 Å². The molecule has 3 aromatic carbocycles. The monoisotopic (exact) mass is 380 g/mol. The van der Waals surface area contributed by atoms with Crippen molar-refractivity contribution >= 4 is 23.1 Å². The van der Waals surface area contributed by atoms with Gasteiger partial charge in [-0.25, -0.2) is 0 Å². The molecule has 0 spiro atoms. The molecule has 1 heterocycles. The maximum atomic E-state index is 13.2. The summed E-state index contributed by atoms with van der Waals surface area (Å²) >= 11 is 0. The van der Waals surface area contributed by atoms with Gasteiger partial charge < -0.3 is 4.90 Å². The second-order valence-electron chi connectivity index (χ2n) is 7.45. The predicted molar refractivity (Wildman–Crippen MR) is 114 cm³/mol. The Morgan fingerprint density at radius 3 is 2.41 bits per heavy atom. The van der Waals surface area contributed by atoms with Gasteiger partial charge in [0, 0.05) is 36.0 Å². The molecule has 0 radical (unpaired) electrons. The summed E-state index contributed by atoms with van der Waals surface area (Å²) in [6.07, 6.45) is 0.767. The molecule has 1 aliphatic heterocycles. The Morgan fingerprint density at radius 1 is 0.862 bits per heavy atom. The highest BCUT2D eigenvalue weighted by atomic mass is 16.2. The number of fused-ring (bicyclic) bond motifs is 2. The number of amides is 1. The quantitative estimate of drug-likeness (QED) is 0.689. The van der Waals surface area contributed by atoms with Crippen LogP contribution in [0.5, 0.6) is 0 Å². The molecule has 5 rings (SSSR count). The van der Waals surface area contributed by atoms with Gasteiger partial charge in [0.05, 0.1) is 5.92 Å². The second-order valence-corrected chi connectivity index (χ2v) is 7.45. The minimum atomic E-state index is -0.297. The van der Waals surface area contributed by atoms with Gasteiger partial charge in [0.1, 0.15) is 5.71 Å². The van der Waals surface area contributed by atoms with E-state index in [1.54, 1.807) is 11.9 Å². The second kappa shape index (κ2) is 6.82. The van der Waals surface area contributed by atoms with Gasteiger partial charge in [-0.15, -0.1) is 0 Å². The first-order valence-electron chi connectivity index (χ1n) is 9.79. The number of aliphatic imine (C=N–C) groups is 1. The van der Waals surface area contributed by atoms with Crippen LogP contribution >= 0.6 is 0 Å². The van der Waals surface area contributed by atoms with Crippen molar-refractivity contribution in [2.45, 2.75) is 12.3 Å². The van der Waals surface area contributed by atoms with E-state index in [0.717, 1.165) is 23.2 Å². The summed E-state index contributed by atoms with van der Waals surface area (Å²) in [5, 5.41) is 0. The summed E-state index contributed by atoms with van der Waals surface area (Å²) in [5.41, 5.74) is 5.60. The molecule has 0 bridgehead atoms. The van der Waals surface area contributed by atoms with E-state index < -0.39 is 0 Å². The van der Waals surface area contributed by atoms with Gasteiger partial charge in [0.2, 0.25) is 0 Å². The number of hydrogen-bond donors (Lipinski definition) is 0. The molecule has 2 aliphatic rings. The van der Waals surface area contributed by atoms with Crippen molar-refractivity contribution in [2.24, 2.45) is 4.99 Å². The number of anilines is 1. The van der Waals surface area contributed by atoms with Crippen LogP contribution in [-0.4, -0.2) is 31.0 Å². The first-order chi connectivity index (χ1) is 14.2. The zero-order valence-electron chi connectivity index (χ0n) is 16.1. The molecular weight excluding hydrogens is 360 g/mol. The van der Waals surface area contributed by atoms with E-state index in [2.05, 4.69) is 12.1 Å². The van der Waals surface area contributed by atoms with E-state index in [-0.39, 0.29) is 17.6 Å². The third-order valence-electron chi connectivity index (χ3n) is 5.82. The van der Waals surface area contributed by atoms with Crippen LogP contribution in [0.25, 0.3) is 0 Å². The molecule has 0 saturated heterocycles. The maximum absolute atomic E-state index is 13.2. The van der Waals surface area contributed by atoms with Gasteiger partial charge in [-0.1, -0.05) is 66.7 Å². The normalized spacial score (nSPS) is 18.6. The van der Waals surface area contributed by atoms with Gasteiger partial charge >= 0.3 is 0 Å². The molecule has 0 fully saturated rings. The number of carbonyl (C=O) groups excluding carboxylic acids is 2. The minimum absolute atomic E-state index is 0.0140. The minimum Gasteiger partial charge on any atom is -0.310 e. The van der Waals surface area contributed by atoms with Crippen molar-refractivity contribution in [1.82, 2.24) is 0 Å². The summed E-state index contributed by atoms with van der Waals surface area (Å²) in [4.78, 5) is 32.7. The highest BCUT2D eigenvalue weighted by Crippen LogP contribution is 2.45. The Labute approximate surface area is 169 Å². The number of rotatable bonds is 3. The van der Waals surface area contributed by atoms with E-state index in [9.17, 15) is 9.59 Å². The summed E-state index contributed by atoms with van der Waals surface area (Å²) in [6.45, 7) is 0.531. The summed E-state index contributed by atoms with van der Waals surface area (Å²) in [6, 6.07) is 23.3. The summed E-state index contributed by atoms with van der Waals surface area (Å²) in [5.74, 6) is -0.383. The van der Waals surface area contributed by atoms with Crippen molar-refractivity contribution in [1.29, 1.82) is 0 Å². The molecule has 1 unspecified atom stereocenters. The van der Waals surface area contributed by atoms with Gasteiger partial charge in [-0.05, 0) is 23.6 Å². The van der Waals surface area contributed by atoms with Crippen molar-refractivity contribution in [3.05, 3.63) is 101 Å². The molecule has 1 amide bonds. The fourth-order valence-electron chi connectivity index (χ4n) is 4.40. The SMILES string of the molecule is CN1C(=O)C(=NCCc2ccccc2)C2c3ccccc3C(=O)c3cccc1c32. The van der Waals surface area contributed by atoms with Crippen molar-refractivity contribution in [3.63, 3.8) is 0 Å². The largest absolute Gasteiger partial charge is 0.310 e. The van der Waals surface area contributed by atoms with E-state index >= 15 is 0 Å². The number of nitrogens with zero attached hydrogens (tertiary/aromatic N) is 2. The van der Waals surface area contributed by atoms with Crippen LogP contribution in [0.2, 0.25) is 0 Å². The first-order valence-corrected chi connectivity index (χ1v) is 9.79. The topological polar surface area (TPSA) is 49.7 Å². The van der Waals surface area contributed by atoms with Crippen LogP contribution in [0, 0.1) is 0 Å². The van der Waals surface area contributed by atoms with Crippen LogP contribution in [0.15, 0.2) is 77.8 Å². The average Bonchev–Trinajstić information content (AvgIpc) is 2.77. The van der Waals surface area contributed by atoms with Crippen molar-refractivity contribution in [3.8, 4) is 0 Å². The third kappa shape index (κ3) is 2.71. The van der Waals surface area contributed by atoms with Crippen molar-refractivity contribution in [2.75, 3.05) is 18.5 Å². The van der Waals surface area contributed by atoms with Gasteiger partial charge in [-0.3, -0.25) is 14.6 Å². The number of hydrogen-bond acceptors (Lipinski definition) is 3. The molecule has 4 heteroatoms. The molecule has 0 N–H and O–H groups in total. The molecule has 142 valence electrons. The molecule has 0 saturated carbocycles. The Morgan fingerprint density at radius 2 is 1.59 bits per heavy atom. The standard InChI is InChI=1S/C25H20N2O2/c1-27-20-13-7-12-19-21(20)22(17-10-5-6-11-18(17)24(19)28)23(25(27)29)26-15-14-16-8-3-2-4-9-16/h2-13,22H,14-15H2,1H3. The van der Waals surface area contributed by atoms with E-state index in [4.69, 9.17) is 4.99 Å². The first kappa shape index (κ1) is 17.6. The van der Waals surface area contributed by atoms with Gasteiger partial charge in [-0.2, -0.15) is 0 Å². The molecule has 29 heavy (non-hydrogen) atoms. The Balaban J connectivity index is 1.64. The molecule has 4 nitrogen and oxygen atoms in total. The van der Waals surface area contributed by atoms with E-state index in [1.807, 2.05) is 60.7 Å². The van der Waals surface area contributed by atoms with E-state index in [1.165, 1.54) is 5.56 Å². The molecule has 1 atom stereocenters. The van der Waals surface area contributed by atoms with E-state index in [0.29, 0.717) is 23.4 Å². The van der Waals surface area contributed by atoms with Gasteiger partial charge in [0.25, 0.3) is 5.91 Å². The molecule has 3 aromatic rings. The van der Waals surface area contributed by atoms with Gasteiger partial charge in [0.15, 0.2) is 5.78 Å². The van der Waals surface area contributed by atoms with Crippen LogP contribution in [0.1, 0.15) is 38.5 Å². The summed E-state index contributed by atoms with van der Waals surface area (Å²) < 4.78 is 0. The molecule has 0 aromatic heterocycles. The van der Waals surface area contributed by atoms with Crippen LogP contribution < -0.4 is 4.90 Å². The number of carbonyl (C=O) groups is 2. The lowest BCUT2D eigenvalue weighted by Gasteiger charge is -2.37. The third-order valence-corrected chi connectivity index (χ3v) is 5.82. The average molecular weight is 380 g/mol.